The monoisotopic (exact) mass is 386 g/mol. The van der Waals surface area contributed by atoms with Gasteiger partial charge in [0.2, 0.25) is 0 Å². The Morgan fingerprint density at radius 2 is 1.89 bits per heavy atom. The van der Waals surface area contributed by atoms with E-state index < -0.39 is 0 Å². The second-order valence-electron chi connectivity index (χ2n) is 5.58. The van der Waals surface area contributed by atoms with Gasteiger partial charge in [0.15, 0.2) is 11.5 Å². The minimum Gasteiger partial charge on any atom is -0.495 e. The van der Waals surface area contributed by atoms with Gasteiger partial charge in [-0.2, -0.15) is 0 Å². The maximum Gasteiger partial charge on any atom is 0.272 e. The van der Waals surface area contributed by atoms with Gasteiger partial charge in [-0.15, -0.1) is 10.2 Å². The molecule has 27 heavy (non-hydrogen) atoms. The molecule has 0 spiro atoms. The van der Waals surface area contributed by atoms with Crippen LogP contribution in [0.15, 0.2) is 54.6 Å². The Bertz CT molecular complexity index is 933. The van der Waals surface area contributed by atoms with E-state index in [0.29, 0.717) is 22.3 Å². The van der Waals surface area contributed by atoms with Crippen LogP contribution in [-0.4, -0.2) is 23.2 Å². The number of aromatic nitrogens is 2. The lowest BCUT2D eigenvalue weighted by atomic mass is 10.2. The maximum absolute atomic E-state index is 12.9. The summed E-state index contributed by atoms with van der Waals surface area (Å²) in [6, 6.07) is 14.2. The van der Waals surface area contributed by atoms with Crippen LogP contribution in [0, 0.1) is 5.82 Å². The number of amides is 1. The molecule has 0 aliphatic heterocycles. The van der Waals surface area contributed by atoms with E-state index in [0.717, 1.165) is 5.56 Å². The van der Waals surface area contributed by atoms with E-state index in [2.05, 4.69) is 20.8 Å². The lowest BCUT2D eigenvalue weighted by Crippen LogP contribution is -2.24. The van der Waals surface area contributed by atoms with Crippen molar-refractivity contribution < 1.29 is 13.9 Å². The number of anilines is 2. The molecule has 2 aromatic carbocycles. The standard InChI is InChI=1S/C19H16ClFN4O2/c1-27-17-8-4-13(20)10-16(17)23-18-9-7-15(24-25-18)19(26)22-11-12-2-5-14(21)6-3-12/h2-10H,11H2,1H3,(H,22,26)(H,23,25). The number of methoxy groups -OCH3 is 1. The summed E-state index contributed by atoms with van der Waals surface area (Å²) >= 11 is 6.00. The molecule has 1 heterocycles. The van der Waals surface area contributed by atoms with Crippen LogP contribution in [0.3, 0.4) is 0 Å². The lowest BCUT2D eigenvalue weighted by Gasteiger charge is -2.11. The van der Waals surface area contributed by atoms with Gasteiger partial charge in [0.1, 0.15) is 11.6 Å². The number of hydrogen-bond acceptors (Lipinski definition) is 5. The first kappa shape index (κ1) is 18.6. The summed E-state index contributed by atoms with van der Waals surface area (Å²) in [4.78, 5) is 12.2. The fourth-order valence-electron chi connectivity index (χ4n) is 2.31. The molecule has 1 aromatic heterocycles. The fraction of sp³-hybridized carbons (Fsp3) is 0.105. The topological polar surface area (TPSA) is 76.1 Å². The Morgan fingerprint density at radius 3 is 2.56 bits per heavy atom. The number of carbonyl (C=O) groups excluding carboxylic acids is 1. The van der Waals surface area contributed by atoms with Gasteiger partial charge in [-0.25, -0.2) is 4.39 Å². The third-order valence-corrected chi connectivity index (χ3v) is 3.92. The average Bonchev–Trinajstić information content (AvgIpc) is 2.68. The van der Waals surface area contributed by atoms with Crippen molar-refractivity contribution in [1.82, 2.24) is 15.5 Å². The van der Waals surface area contributed by atoms with Gasteiger partial charge in [0.05, 0.1) is 12.8 Å². The van der Waals surface area contributed by atoms with Crippen molar-refractivity contribution in [2.24, 2.45) is 0 Å². The van der Waals surface area contributed by atoms with Crippen LogP contribution in [0.5, 0.6) is 5.75 Å². The summed E-state index contributed by atoms with van der Waals surface area (Å²) in [7, 11) is 1.55. The first-order chi connectivity index (χ1) is 13.0. The lowest BCUT2D eigenvalue weighted by molar-refractivity contribution is 0.0945. The van der Waals surface area contributed by atoms with Crippen molar-refractivity contribution in [3.05, 3.63) is 76.7 Å². The van der Waals surface area contributed by atoms with Crippen molar-refractivity contribution in [2.75, 3.05) is 12.4 Å². The third-order valence-electron chi connectivity index (χ3n) is 3.69. The minimum absolute atomic E-state index is 0.167. The number of nitrogens with zero attached hydrogens (tertiary/aromatic N) is 2. The van der Waals surface area contributed by atoms with Crippen LogP contribution >= 0.6 is 11.6 Å². The second-order valence-corrected chi connectivity index (χ2v) is 6.02. The van der Waals surface area contributed by atoms with Gasteiger partial charge in [-0.1, -0.05) is 23.7 Å². The highest BCUT2D eigenvalue weighted by atomic mass is 35.5. The number of nitrogens with one attached hydrogen (secondary N) is 2. The van der Waals surface area contributed by atoms with Crippen molar-refractivity contribution >= 4 is 29.0 Å². The van der Waals surface area contributed by atoms with Crippen LogP contribution in [-0.2, 0) is 6.54 Å². The van der Waals surface area contributed by atoms with Gasteiger partial charge in [-0.05, 0) is 48.0 Å². The van der Waals surface area contributed by atoms with Gasteiger partial charge in [0.25, 0.3) is 5.91 Å². The van der Waals surface area contributed by atoms with E-state index in [-0.39, 0.29) is 24.0 Å². The largest absolute Gasteiger partial charge is 0.495 e. The summed E-state index contributed by atoms with van der Waals surface area (Å²) in [5, 5.41) is 14.2. The third kappa shape index (κ3) is 4.92. The predicted octanol–water partition coefficient (Wildman–Crippen LogP) is 3.95. The van der Waals surface area contributed by atoms with Crippen LogP contribution in [0.4, 0.5) is 15.9 Å². The molecule has 0 atom stereocenters. The number of ether oxygens (including phenoxy) is 1. The van der Waals surface area contributed by atoms with Crippen molar-refractivity contribution in [1.29, 1.82) is 0 Å². The number of rotatable bonds is 6. The number of hydrogen-bond donors (Lipinski definition) is 2. The van der Waals surface area contributed by atoms with E-state index in [1.165, 1.54) is 12.1 Å². The fourth-order valence-corrected chi connectivity index (χ4v) is 2.48. The highest BCUT2D eigenvalue weighted by Gasteiger charge is 2.10. The molecule has 6 nitrogen and oxygen atoms in total. The molecule has 0 aliphatic rings. The zero-order chi connectivity index (χ0) is 19.2. The first-order valence-corrected chi connectivity index (χ1v) is 8.40. The van der Waals surface area contributed by atoms with Crippen molar-refractivity contribution in [3.63, 3.8) is 0 Å². The molecular weight excluding hydrogens is 371 g/mol. The van der Waals surface area contributed by atoms with E-state index in [1.807, 2.05) is 0 Å². The molecule has 1 amide bonds. The van der Waals surface area contributed by atoms with Gasteiger partial charge in [-0.3, -0.25) is 4.79 Å². The zero-order valence-electron chi connectivity index (χ0n) is 14.4. The van der Waals surface area contributed by atoms with E-state index in [1.54, 1.807) is 49.6 Å². The summed E-state index contributed by atoms with van der Waals surface area (Å²) < 4.78 is 18.1. The van der Waals surface area contributed by atoms with E-state index >= 15 is 0 Å². The normalized spacial score (nSPS) is 10.3. The Kier molecular flexibility index (Phi) is 5.83. The molecule has 0 radical (unpaired) electrons. The van der Waals surface area contributed by atoms with E-state index in [9.17, 15) is 9.18 Å². The maximum atomic E-state index is 12.9. The molecule has 0 bridgehead atoms. The molecule has 3 aromatic rings. The molecule has 138 valence electrons. The number of halogens is 2. The minimum atomic E-state index is -0.376. The smallest absolute Gasteiger partial charge is 0.272 e. The molecule has 0 fully saturated rings. The van der Waals surface area contributed by atoms with Crippen LogP contribution in [0.1, 0.15) is 16.1 Å². The Hall–Kier alpha value is -3.19. The highest BCUT2D eigenvalue weighted by Crippen LogP contribution is 2.29. The number of carbonyl (C=O) groups is 1. The Morgan fingerprint density at radius 1 is 1.11 bits per heavy atom. The molecule has 8 heteroatoms. The Labute approximate surface area is 160 Å². The SMILES string of the molecule is COc1ccc(Cl)cc1Nc1ccc(C(=O)NCc2ccc(F)cc2)nn1. The summed E-state index contributed by atoms with van der Waals surface area (Å²) in [6.07, 6.45) is 0. The van der Waals surface area contributed by atoms with Crippen LogP contribution < -0.4 is 15.4 Å². The molecule has 0 unspecified atom stereocenters. The van der Waals surface area contributed by atoms with E-state index in [4.69, 9.17) is 16.3 Å². The van der Waals surface area contributed by atoms with Crippen molar-refractivity contribution in [2.45, 2.75) is 6.54 Å². The average molecular weight is 387 g/mol. The van der Waals surface area contributed by atoms with Gasteiger partial charge < -0.3 is 15.4 Å². The molecule has 2 N–H and O–H groups in total. The second kappa shape index (κ2) is 8.46. The predicted molar refractivity (Wildman–Crippen MR) is 101 cm³/mol. The molecule has 0 aliphatic carbocycles. The zero-order valence-corrected chi connectivity index (χ0v) is 15.1. The summed E-state index contributed by atoms with van der Waals surface area (Å²) in [6.45, 7) is 0.264. The van der Waals surface area contributed by atoms with Gasteiger partial charge >= 0.3 is 0 Å². The molecule has 3 rings (SSSR count). The number of benzene rings is 2. The first-order valence-electron chi connectivity index (χ1n) is 8.02. The van der Waals surface area contributed by atoms with Crippen LogP contribution in [0.2, 0.25) is 5.02 Å². The summed E-state index contributed by atoms with van der Waals surface area (Å²) in [5.74, 6) is 0.335. The van der Waals surface area contributed by atoms with Crippen molar-refractivity contribution in [3.8, 4) is 5.75 Å². The van der Waals surface area contributed by atoms with Crippen LogP contribution in [0.25, 0.3) is 0 Å². The summed E-state index contributed by atoms with van der Waals surface area (Å²) in [5.41, 5.74) is 1.58. The highest BCUT2D eigenvalue weighted by molar-refractivity contribution is 6.31. The van der Waals surface area contributed by atoms with Gasteiger partial charge in [0, 0.05) is 11.6 Å². The molecule has 0 saturated carbocycles. The molecule has 0 saturated heterocycles. The molecular formula is C19H16ClFN4O2. The Balaban J connectivity index is 1.63. The quantitative estimate of drug-likeness (QED) is 0.670.